The first-order valence-corrected chi connectivity index (χ1v) is 9.11. The van der Waals surface area contributed by atoms with E-state index in [1.54, 1.807) is 12.1 Å². The summed E-state index contributed by atoms with van der Waals surface area (Å²) in [4.78, 5) is 27.9. The maximum atomic E-state index is 13.0. The summed E-state index contributed by atoms with van der Waals surface area (Å²) in [5.41, 5.74) is 2.08. The fraction of sp³-hybridized carbons (Fsp3) is 0.0952. The zero-order chi connectivity index (χ0) is 21.1. The molecule has 0 atom stereocenters. The van der Waals surface area contributed by atoms with Crippen molar-refractivity contribution in [3.05, 3.63) is 93.7 Å². The molecule has 0 fully saturated rings. The van der Waals surface area contributed by atoms with Crippen molar-refractivity contribution in [1.29, 1.82) is 0 Å². The van der Waals surface area contributed by atoms with Crippen molar-refractivity contribution < 1.29 is 14.1 Å². The van der Waals surface area contributed by atoms with Crippen molar-refractivity contribution in [1.82, 2.24) is 14.8 Å². The van der Waals surface area contributed by atoms with Crippen LogP contribution in [0, 0.1) is 17.0 Å². The highest BCUT2D eigenvalue weighted by atomic mass is 16.6. The van der Waals surface area contributed by atoms with Crippen molar-refractivity contribution in [2.45, 2.75) is 13.5 Å². The maximum Gasteiger partial charge on any atom is 0.281 e. The lowest BCUT2D eigenvalue weighted by molar-refractivity contribution is -0.384. The van der Waals surface area contributed by atoms with Crippen LogP contribution in [0.15, 0.2) is 71.3 Å². The molecular formula is C21H17N5O4. The fourth-order valence-electron chi connectivity index (χ4n) is 2.84. The number of aryl methyl sites for hydroxylation is 1. The van der Waals surface area contributed by atoms with E-state index in [1.807, 2.05) is 31.2 Å². The van der Waals surface area contributed by atoms with Gasteiger partial charge in [0, 0.05) is 24.2 Å². The zero-order valence-corrected chi connectivity index (χ0v) is 16.0. The Labute approximate surface area is 171 Å². The number of furan rings is 1. The number of aromatic nitrogens is 3. The standard InChI is InChI=1S/C21H17N5O4/c1-14-7-9-15(10-8-14)13-22-21-23-19(18-6-3-11-30-18)24-25(21)20(27)16-4-2-5-17(12-16)26(28)29/h2-12H,13H2,1H3,(H,22,23,24). The van der Waals surface area contributed by atoms with Crippen molar-refractivity contribution in [2.75, 3.05) is 5.32 Å². The Bertz CT molecular complexity index is 1200. The van der Waals surface area contributed by atoms with E-state index in [1.165, 1.54) is 30.5 Å². The first kappa shape index (κ1) is 19.1. The molecular weight excluding hydrogens is 386 g/mol. The van der Waals surface area contributed by atoms with Crippen LogP contribution in [0.5, 0.6) is 0 Å². The predicted octanol–water partition coefficient (Wildman–Crippen LogP) is 4.06. The van der Waals surface area contributed by atoms with Crippen molar-refractivity contribution in [3.8, 4) is 11.6 Å². The Hall–Kier alpha value is -4.27. The highest BCUT2D eigenvalue weighted by Gasteiger charge is 2.21. The van der Waals surface area contributed by atoms with Crippen LogP contribution in [0.25, 0.3) is 11.6 Å². The molecule has 0 saturated carbocycles. The first-order valence-electron chi connectivity index (χ1n) is 9.11. The second-order valence-electron chi connectivity index (χ2n) is 6.60. The molecule has 30 heavy (non-hydrogen) atoms. The van der Waals surface area contributed by atoms with Crippen LogP contribution in [-0.4, -0.2) is 25.6 Å². The van der Waals surface area contributed by atoms with Crippen LogP contribution < -0.4 is 5.32 Å². The molecule has 2 aromatic heterocycles. The number of nitro benzene ring substituents is 1. The average molecular weight is 403 g/mol. The van der Waals surface area contributed by atoms with E-state index >= 15 is 0 Å². The summed E-state index contributed by atoms with van der Waals surface area (Å²) in [5.74, 6) is 0.290. The summed E-state index contributed by atoms with van der Waals surface area (Å²) in [6, 6.07) is 16.8. The summed E-state index contributed by atoms with van der Waals surface area (Å²) in [7, 11) is 0. The Morgan fingerprint density at radius 1 is 1.17 bits per heavy atom. The van der Waals surface area contributed by atoms with Crippen molar-refractivity contribution >= 4 is 17.5 Å². The Balaban J connectivity index is 1.68. The molecule has 0 bridgehead atoms. The number of nitrogens with one attached hydrogen (secondary N) is 1. The summed E-state index contributed by atoms with van der Waals surface area (Å²) in [6.07, 6.45) is 1.48. The molecule has 0 unspecified atom stereocenters. The van der Waals surface area contributed by atoms with E-state index < -0.39 is 10.8 Å². The molecule has 1 N–H and O–H groups in total. The van der Waals surface area contributed by atoms with Gasteiger partial charge in [0.25, 0.3) is 11.6 Å². The highest BCUT2D eigenvalue weighted by Crippen LogP contribution is 2.21. The van der Waals surface area contributed by atoms with Gasteiger partial charge in [-0.05, 0) is 30.7 Å². The molecule has 0 aliphatic rings. The number of non-ortho nitro benzene ring substituents is 1. The van der Waals surface area contributed by atoms with Gasteiger partial charge in [0.2, 0.25) is 11.8 Å². The third-order valence-corrected chi connectivity index (χ3v) is 4.42. The van der Waals surface area contributed by atoms with Gasteiger partial charge in [0.15, 0.2) is 5.76 Å². The number of hydrogen-bond donors (Lipinski definition) is 1. The summed E-state index contributed by atoms with van der Waals surface area (Å²) >= 11 is 0. The summed E-state index contributed by atoms with van der Waals surface area (Å²) in [5, 5.41) is 18.4. The summed E-state index contributed by atoms with van der Waals surface area (Å²) < 4.78 is 6.42. The number of nitrogens with zero attached hydrogens (tertiary/aromatic N) is 4. The van der Waals surface area contributed by atoms with Gasteiger partial charge in [0.05, 0.1) is 11.2 Å². The number of rotatable bonds is 6. The normalized spacial score (nSPS) is 10.7. The van der Waals surface area contributed by atoms with Crippen LogP contribution in [0.4, 0.5) is 11.6 Å². The highest BCUT2D eigenvalue weighted by molar-refractivity contribution is 5.97. The van der Waals surface area contributed by atoms with Gasteiger partial charge in [0.1, 0.15) is 0 Å². The number of nitro groups is 1. The Morgan fingerprint density at radius 2 is 1.97 bits per heavy atom. The van der Waals surface area contributed by atoms with Gasteiger partial charge >= 0.3 is 0 Å². The van der Waals surface area contributed by atoms with Gasteiger partial charge in [-0.15, -0.1) is 5.10 Å². The average Bonchev–Trinajstić information content (AvgIpc) is 3.43. The molecule has 0 aliphatic carbocycles. The number of carbonyl (C=O) groups is 1. The van der Waals surface area contributed by atoms with E-state index in [0.29, 0.717) is 12.3 Å². The van der Waals surface area contributed by atoms with E-state index in [0.717, 1.165) is 15.8 Å². The van der Waals surface area contributed by atoms with Crippen LogP contribution in [0.2, 0.25) is 0 Å². The molecule has 2 aromatic carbocycles. The van der Waals surface area contributed by atoms with E-state index in [9.17, 15) is 14.9 Å². The van der Waals surface area contributed by atoms with Crippen molar-refractivity contribution in [3.63, 3.8) is 0 Å². The minimum Gasteiger partial charge on any atom is -0.461 e. The van der Waals surface area contributed by atoms with E-state index in [-0.39, 0.29) is 23.0 Å². The third kappa shape index (κ3) is 3.95. The van der Waals surface area contributed by atoms with E-state index in [2.05, 4.69) is 15.4 Å². The third-order valence-electron chi connectivity index (χ3n) is 4.42. The zero-order valence-electron chi connectivity index (χ0n) is 16.0. The molecule has 0 radical (unpaired) electrons. The number of anilines is 1. The lowest BCUT2D eigenvalue weighted by Gasteiger charge is -2.07. The van der Waals surface area contributed by atoms with Crippen LogP contribution in [0.1, 0.15) is 21.5 Å². The number of carbonyl (C=O) groups excluding carboxylic acids is 1. The van der Waals surface area contributed by atoms with Crippen molar-refractivity contribution in [2.24, 2.45) is 0 Å². The second kappa shape index (κ2) is 8.00. The largest absolute Gasteiger partial charge is 0.461 e. The fourth-order valence-corrected chi connectivity index (χ4v) is 2.84. The smallest absolute Gasteiger partial charge is 0.281 e. The molecule has 0 aliphatic heterocycles. The van der Waals surface area contributed by atoms with Crippen LogP contribution in [0.3, 0.4) is 0 Å². The van der Waals surface area contributed by atoms with Gasteiger partial charge in [-0.3, -0.25) is 14.9 Å². The quantitative estimate of drug-likeness (QED) is 0.381. The Morgan fingerprint density at radius 3 is 2.67 bits per heavy atom. The monoisotopic (exact) mass is 403 g/mol. The van der Waals surface area contributed by atoms with Crippen LogP contribution >= 0.6 is 0 Å². The van der Waals surface area contributed by atoms with Crippen LogP contribution in [-0.2, 0) is 6.54 Å². The molecule has 150 valence electrons. The lowest BCUT2D eigenvalue weighted by Crippen LogP contribution is -2.17. The second-order valence-corrected chi connectivity index (χ2v) is 6.60. The molecule has 9 heteroatoms. The minimum atomic E-state index is -0.553. The maximum absolute atomic E-state index is 13.0. The molecule has 4 aromatic rings. The van der Waals surface area contributed by atoms with Gasteiger partial charge in [-0.1, -0.05) is 35.9 Å². The van der Waals surface area contributed by atoms with Gasteiger partial charge in [-0.2, -0.15) is 9.67 Å². The molecule has 9 nitrogen and oxygen atoms in total. The Kier molecular flexibility index (Phi) is 5.08. The number of benzene rings is 2. The molecule has 2 heterocycles. The molecule has 0 saturated heterocycles. The molecule has 4 rings (SSSR count). The van der Waals surface area contributed by atoms with Gasteiger partial charge < -0.3 is 9.73 Å². The lowest BCUT2D eigenvalue weighted by atomic mass is 10.1. The SMILES string of the molecule is Cc1ccc(CNc2nc(-c3ccco3)nn2C(=O)c2cccc([N+](=O)[O-])c2)cc1. The number of hydrogen-bond acceptors (Lipinski definition) is 7. The molecule has 0 spiro atoms. The summed E-state index contributed by atoms with van der Waals surface area (Å²) in [6.45, 7) is 2.42. The van der Waals surface area contributed by atoms with Gasteiger partial charge in [-0.25, -0.2) is 0 Å². The topological polar surface area (TPSA) is 116 Å². The van der Waals surface area contributed by atoms with E-state index in [4.69, 9.17) is 4.42 Å². The predicted molar refractivity (Wildman–Crippen MR) is 109 cm³/mol. The minimum absolute atomic E-state index is 0.124. The molecule has 0 amide bonds. The first-order chi connectivity index (χ1) is 14.5.